The van der Waals surface area contributed by atoms with Crippen molar-refractivity contribution >= 4 is 0 Å². The summed E-state index contributed by atoms with van der Waals surface area (Å²) in [7, 11) is 0. The average Bonchev–Trinajstić information content (AvgIpc) is 2.16. The number of aliphatic hydroxyl groups excluding tert-OH is 1. The van der Waals surface area contributed by atoms with Crippen LogP contribution in [0.5, 0.6) is 0 Å². The summed E-state index contributed by atoms with van der Waals surface area (Å²) in [4.78, 5) is 0. The Morgan fingerprint density at radius 1 is 1.23 bits per heavy atom. The molecule has 0 aromatic rings. The Bertz CT molecular complexity index is 96.1. The zero-order valence-electron chi connectivity index (χ0n) is 9.18. The molecule has 0 aromatic heterocycles. The van der Waals surface area contributed by atoms with Crippen molar-refractivity contribution in [2.24, 2.45) is 5.92 Å². The monoisotopic (exact) mass is 187 g/mol. The van der Waals surface area contributed by atoms with E-state index in [9.17, 15) is 0 Å². The summed E-state index contributed by atoms with van der Waals surface area (Å²) in [6.07, 6.45) is 6.00. The Morgan fingerprint density at radius 2 is 2.00 bits per heavy atom. The van der Waals surface area contributed by atoms with Crippen LogP contribution in [0.3, 0.4) is 0 Å². The molecular weight excluding hydrogens is 162 g/mol. The molecule has 0 amide bonds. The Kier molecular flexibility index (Phi) is 9.94. The summed E-state index contributed by atoms with van der Waals surface area (Å²) in [5.74, 6) is 0.659. The summed E-state index contributed by atoms with van der Waals surface area (Å²) in [5.41, 5.74) is 0. The van der Waals surface area contributed by atoms with Gasteiger partial charge in [-0.1, -0.05) is 33.1 Å². The molecule has 2 N–H and O–H groups in total. The third-order valence-electron chi connectivity index (χ3n) is 2.50. The highest BCUT2D eigenvalue weighted by Gasteiger charge is 2.03. The molecule has 2 heteroatoms. The lowest BCUT2D eigenvalue weighted by Gasteiger charge is -2.13. The average molecular weight is 187 g/mol. The topological polar surface area (TPSA) is 32.3 Å². The first kappa shape index (κ1) is 12.9. The largest absolute Gasteiger partial charge is 0.396 e. The molecule has 0 aliphatic carbocycles. The third kappa shape index (κ3) is 8.26. The van der Waals surface area contributed by atoms with Crippen LogP contribution in [0.25, 0.3) is 0 Å². The molecule has 1 unspecified atom stereocenters. The van der Waals surface area contributed by atoms with Gasteiger partial charge in [0.05, 0.1) is 0 Å². The van der Waals surface area contributed by atoms with E-state index in [1.54, 1.807) is 0 Å². The summed E-state index contributed by atoms with van der Waals surface area (Å²) >= 11 is 0. The van der Waals surface area contributed by atoms with Gasteiger partial charge in [-0.3, -0.25) is 0 Å². The van der Waals surface area contributed by atoms with Gasteiger partial charge < -0.3 is 10.4 Å². The Balaban J connectivity index is 3.17. The number of nitrogens with one attached hydrogen (secondary N) is 1. The van der Waals surface area contributed by atoms with Gasteiger partial charge >= 0.3 is 0 Å². The second-order valence-corrected chi connectivity index (χ2v) is 3.70. The van der Waals surface area contributed by atoms with E-state index in [2.05, 4.69) is 19.2 Å². The lowest BCUT2D eigenvalue weighted by atomic mass is 10.0. The highest BCUT2D eigenvalue weighted by Crippen LogP contribution is 2.05. The lowest BCUT2D eigenvalue weighted by molar-refractivity contribution is 0.251. The summed E-state index contributed by atoms with van der Waals surface area (Å²) in [6, 6.07) is 0. The van der Waals surface area contributed by atoms with Gasteiger partial charge in [-0.05, 0) is 31.8 Å². The summed E-state index contributed by atoms with van der Waals surface area (Å²) < 4.78 is 0. The zero-order chi connectivity index (χ0) is 9.94. The van der Waals surface area contributed by atoms with Crippen molar-refractivity contribution in [1.29, 1.82) is 0 Å². The number of aliphatic hydroxyl groups is 1. The number of hydrogen-bond acceptors (Lipinski definition) is 2. The van der Waals surface area contributed by atoms with Gasteiger partial charge in [0.15, 0.2) is 0 Å². The van der Waals surface area contributed by atoms with Crippen LogP contribution in [0, 0.1) is 5.92 Å². The van der Waals surface area contributed by atoms with Gasteiger partial charge in [0.1, 0.15) is 0 Å². The predicted octanol–water partition coefficient (Wildman–Crippen LogP) is 2.17. The van der Waals surface area contributed by atoms with Crippen LogP contribution in [-0.2, 0) is 0 Å². The molecule has 0 fully saturated rings. The quantitative estimate of drug-likeness (QED) is 0.542. The maximum atomic E-state index is 8.78. The van der Waals surface area contributed by atoms with Crippen LogP contribution in [0.1, 0.15) is 46.0 Å². The van der Waals surface area contributed by atoms with Crippen molar-refractivity contribution in [3.63, 3.8) is 0 Å². The SMILES string of the molecule is CCCCCNCC(CC)CCO. The molecule has 80 valence electrons. The van der Waals surface area contributed by atoms with E-state index >= 15 is 0 Å². The summed E-state index contributed by atoms with van der Waals surface area (Å²) in [5, 5.41) is 12.2. The van der Waals surface area contributed by atoms with Crippen LogP contribution in [0.4, 0.5) is 0 Å². The fourth-order valence-electron chi connectivity index (χ4n) is 1.44. The minimum Gasteiger partial charge on any atom is -0.396 e. The van der Waals surface area contributed by atoms with E-state index in [0.717, 1.165) is 19.5 Å². The van der Waals surface area contributed by atoms with Gasteiger partial charge in [-0.2, -0.15) is 0 Å². The lowest BCUT2D eigenvalue weighted by Crippen LogP contribution is -2.24. The van der Waals surface area contributed by atoms with Crippen molar-refractivity contribution in [3.05, 3.63) is 0 Å². The molecule has 0 aliphatic rings. The molecule has 1 atom stereocenters. The normalized spacial score (nSPS) is 13.2. The molecule has 13 heavy (non-hydrogen) atoms. The van der Waals surface area contributed by atoms with Crippen molar-refractivity contribution in [2.75, 3.05) is 19.7 Å². The minimum absolute atomic E-state index is 0.329. The maximum absolute atomic E-state index is 8.78. The van der Waals surface area contributed by atoms with Crippen LogP contribution in [0.15, 0.2) is 0 Å². The zero-order valence-corrected chi connectivity index (χ0v) is 9.18. The van der Waals surface area contributed by atoms with Gasteiger partial charge in [-0.25, -0.2) is 0 Å². The first-order valence-electron chi connectivity index (χ1n) is 5.66. The Hall–Kier alpha value is -0.0800. The predicted molar refractivity (Wildman–Crippen MR) is 57.9 cm³/mol. The molecule has 0 saturated carbocycles. The van der Waals surface area contributed by atoms with E-state index < -0.39 is 0 Å². The molecular formula is C11H25NO. The highest BCUT2D eigenvalue weighted by molar-refractivity contribution is 4.60. The van der Waals surface area contributed by atoms with E-state index in [1.165, 1.54) is 25.7 Å². The number of hydrogen-bond donors (Lipinski definition) is 2. The standard InChI is InChI=1S/C11H25NO/c1-3-5-6-8-12-10-11(4-2)7-9-13/h11-13H,3-10H2,1-2H3. The summed E-state index contributed by atoms with van der Waals surface area (Å²) in [6.45, 7) is 6.94. The second-order valence-electron chi connectivity index (χ2n) is 3.70. The van der Waals surface area contributed by atoms with Crippen molar-refractivity contribution in [1.82, 2.24) is 5.32 Å². The van der Waals surface area contributed by atoms with Gasteiger partial charge in [0, 0.05) is 6.61 Å². The van der Waals surface area contributed by atoms with Crippen molar-refractivity contribution in [3.8, 4) is 0 Å². The molecule has 0 spiro atoms. The first-order chi connectivity index (χ1) is 6.35. The van der Waals surface area contributed by atoms with Crippen LogP contribution < -0.4 is 5.32 Å². The van der Waals surface area contributed by atoms with Gasteiger partial charge in [0.25, 0.3) is 0 Å². The Labute approximate surface area is 82.7 Å². The minimum atomic E-state index is 0.329. The van der Waals surface area contributed by atoms with Gasteiger partial charge in [-0.15, -0.1) is 0 Å². The third-order valence-corrected chi connectivity index (χ3v) is 2.50. The fourth-order valence-corrected chi connectivity index (χ4v) is 1.44. The van der Waals surface area contributed by atoms with E-state index in [-0.39, 0.29) is 0 Å². The highest BCUT2D eigenvalue weighted by atomic mass is 16.3. The number of rotatable bonds is 9. The molecule has 0 rings (SSSR count). The van der Waals surface area contributed by atoms with E-state index in [1.807, 2.05) is 0 Å². The smallest absolute Gasteiger partial charge is 0.0434 e. The number of unbranched alkanes of at least 4 members (excludes halogenated alkanes) is 2. The maximum Gasteiger partial charge on any atom is 0.0434 e. The second kappa shape index (κ2) is 10.0. The molecule has 0 aromatic carbocycles. The molecule has 2 nitrogen and oxygen atoms in total. The molecule has 0 saturated heterocycles. The fraction of sp³-hybridized carbons (Fsp3) is 1.00. The van der Waals surface area contributed by atoms with Crippen LogP contribution in [0.2, 0.25) is 0 Å². The molecule has 0 aliphatic heterocycles. The van der Waals surface area contributed by atoms with Crippen LogP contribution >= 0.6 is 0 Å². The van der Waals surface area contributed by atoms with Crippen LogP contribution in [-0.4, -0.2) is 24.8 Å². The molecule has 0 radical (unpaired) electrons. The molecule has 0 heterocycles. The Morgan fingerprint density at radius 3 is 2.54 bits per heavy atom. The van der Waals surface area contributed by atoms with E-state index in [0.29, 0.717) is 12.5 Å². The van der Waals surface area contributed by atoms with E-state index in [4.69, 9.17) is 5.11 Å². The first-order valence-corrected chi connectivity index (χ1v) is 5.66. The van der Waals surface area contributed by atoms with Crippen molar-refractivity contribution < 1.29 is 5.11 Å². The molecule has 0 bridgehead atoms. The van der Waals surface area contributed by atoms with Gasteiger partial charge in [0.2, 0.25) is 0 Å². The van der Waals surface area contributed by atoms with Crippen molar-refractivity contribution in [2.45, 2.75) is 46.0 Å².